The van der Waals surface area contributed by atoms with Crippen LogP contribution in [0.5, 0.6) is 0 Å². The Labute approximate surface area is 217 Å². The number of carbonyl (C=O) groups is 5. The first kappa shape index (κ1) is 26.3. The lowest BCUT2D eigenvalue weighted by atomic mass is 9.43. The Morgan fingerprint density at radius 1 is 1.17 bits per heavy atom. The van der Waals surface area contributed by atoms with Gasteiger partial charge >= 0.3 is 17.9 Å². The Kier molecular flexibility index (Phi) is 7.02. The summed E-state index contributed by atoms with van der Waals surface area (Å²) in [6.45, 7) is 4.88. The van der Waals surface area contributed by atoms with E-state index in [0.717, 1.165) is 4.47 Å². The molecule has 1 amide bonds. The lowest BCUT2D eigenvalue weighted by Crippen LogP contribution is -2.66. The Hall–Kier alpha value is -2.75. The van der Waals surface area contributed by atoms with Crippen LogP contribution in [0.3, 0.4) is 0 Å². The van der Waals surface area contributed by atoms with Crippen LogP contribution in [0.4, 0.5) is 5.69 Å². The van der Waals surface area contributed by atoms with Crippen LogP contribution < -0.4 is 5.32 Å². The molecule has 0 aromatic heterocycles. The maximum atomic E-state index is 13.8. The van der Waals surface area contributed by atoms with Gasteiger partial charge in [-0.05, 0) is 41.9 Å². The molecule has 36 heavy (non-hydrogen) atoms. The SMILES string of the molecule is COC(=O)[C@@H]1C[C@H](OC(C)=O)C(=O)[C@H]2[C@@]1(C)CC[C@H]1C(=O)O[C@H](C(=O)Nc3cccc(Br)c3)C[C@]21C. The van der Waals surface area contributed by atoms with Gasteiger partial charge in [-0.3, -0.25) is 24.0 Å². The number of ether oxygens (including phenoxy) is 3. The summed E-state index contributed by atoms with van der Waals surface area (Å²) in [7, 11) is 1.28. The number of hydrogen-bond acceptors (Lipinski definition) is 8. The molecule has 3 fully saturated rings. The van der Waals surface area contributed by atoms with Crippen molar-refractivity contribution in [2.24, 2.45) is 28.6 Å². The van der Waals surface area contributed by atoms with E-state index in [1.165, 1.54) is 14.0 Å². The number of benzene rings is 1. The molecule has 1 N–H and O–H groups in total. The van der Waals surface area contributed by atoms with E-state index in [-0.39, 0.29) is 18.6 Å². The standard InChI is InChI=1S/C26H30BrNO8/c1-13(29)35-18-11-17(23(32)34-4)25(2)9-8-16-24(33)36-19(12-26(16,3)21(25)20(18)30)22(31)28-15-7-5-6-14(27)10-15/h5-7,10,16-19,21H,8-9,11-12H2,1-4H3,(H,28,31)/t16-,17-,18-,19-,21-,25-,26-/m0/s1. The Morgan fingerprint density at radius 3 is 2.53 bits per heavy atom. The highest BCUT2D eigenvalue weighted by Gasteiger charge is 2.68. The largest absolute Gasteiger partial charge is 0.469 e. The van der Waals surface area contributed by atoms with Gasteiger partial charge in [0.2, 0.25) is 0 Å². The third-order valence-electron chi connectivity index (χ3n) is 8.28. The first-order chi connectivity index (χ1) is 16.9. The third-order valence-corrected chi connectivity index (χ3v) is 8.77. The molecule has 3 aliphatic rings. The van der Waals surface area contributed by atoms with E-state index in [4.69, 9.17) is 14.2 Å². The number of carbonyl (C=O) groups excluding carboxylic acids is 5. The second-order valence-corrected chi connectivity index (χ2v) is 11.4. The molecule has 0 radical (unpaired) electrons. The molecule has 1 heterocycles. The molecule has 0 bridgehead atoms. The number of methoxy groups -OCH3 is 1. The summed E-state index contributed by atoms with van der Waals surface area (Å²) in [5, 5.41) is 2.77. The molecule has 194 valence electrons. The molecule has 1 aromatic rings. The summed E-state index contributed by atoms with van der Waals surface area (Å²) in [5.74, 6) is -4.66. The van der Waals surface area contributed by atoms with Gasteiger partial charge in [-0.15, -0.1) is 0 Å². The maximum absolute atomic E-state index is 13.8. The van der Waals surface area contributed by atoms with Crippen LogP contribution in [0.25, 0.3) is 0 Å². The van der Waals surface area contributed by atoms with Crippen molar-refractivity contribution in [3.05, 3.63) is 28.7 Å². The number of fused-ring (bicyclic) bond motifs is 3. The molecule has 10 heteroatoms. The zero-order valence-electron chi connectivity index (χ0n) is 20.7. The van der Waals surface area contributed by atoms with E-state index in [0.29, 0.717) is 18.5 Å². The first-order valence-corrected chi connectivity index (χ1v) is 12.8. The summed E-state index contributed by atoms with van der Waals surface area (Å²) in [6, 6.07) is 7.01. The number of ketones is 1. The van der Waals surface area contributed by atoms with Gasteiger partial charge in [-0.1, -0.05) is 35.8 Å². The molecule has 0 spiro atoms. The second-order valence-electron chi connectivity index (χ2n) is 10.5. The topological polar surface area (TPSA) is 125 Å². The maximum Gasteiger partial charge on any atom is 0.310 e. The fraction of sp³-hybridized carbons (Fsp3) is 0.577. The van der Waals surface area contributed by atoms with E-state index in [2.05, 4.69) is 21.2 Å². The number of hydrogen-bond donors (Lipinski definition) is 1. The van der Waals surface area contributed by atoms with Gasteiger partial charge in [0, 0.05) is 35.8 Å². The summed E-state index contributed by atoms with van der Waals surface area (Å²) >= 11 is 3.36. The number of cyclic esters (lactones) is 1. The molecular formula is C26H30BrNO8. The summed E-state index contributed by atoms with van der Waals surface area (Å²) < 4.78 is 16.8. The van der Waals surface area contributed by atoms with E-state index >= 15 is 0 Å². The lowest BCUT2D eigenvalue weighted by molar-refractivity contribution is -0.209. The zero-order valence-corrected chi connectivity index (χ0v) is 22.3. The monoisotopic (exact) mass is 563 g/mol. The van der Waals surface area contributed by atoms with Crippen molar-refractivity contribution in [3.63, 3.8) is 0 Å². The van der Waals surface area contributed by atoms with Crippen molar-refractivity contribution in [2.75, 3.05) is 12.4 Å². The Balaban J connectivity index is 1.70. The van der Waals surface area contributed by atoms with Crippen molar-refractivity contribution in [1.29, 1.82) is 0 Å². The minimum atomic E-state index is -1.13. The van der Waals surface area contributed by atoms with Gasteiger partial charge in [0.25, 0.3) is 5.91 Å². The number of Topliss-reactive ketones (excluding diaryl/α,β-unsaturated/α-hetero) is 1. The van der Waals surface area contributed by atoms with Crippen molar-refractivity contribution in [2.45, 2.75) is 58.7 Å². The summed E-state index contributed by atoms with van der Waals surface area (Å²) in [6.07, 6.45) is -1.32. The minimum absolute atomic E-state index is 0.0239. The lowest BCUT2D eigenvalue weighted by Gasteiger charge is -2.60. The molecule has 1 aromatic carbocycles. The number of nitrogens with one attached hydrogen (secondary N) is 1. The molecule has 4 rings (SSSR count). The van der Waals surface area contributed by atoms with E-state index in [1.807, 2.05) is 19.9 Å². The highest BCUT2D eigenvalue weighted by molar-refractivity contribution is 9.10. The van der Waals surface area contributed by atoms with E-state index in [9.17, 15) is 24.0 Å². The molecule has 2 saturated carbocycles. The average molecular weight is 564 g/mol. The van der Waals surface area contributed by atoms with Crippen molar-refractivity contribution in [3.8, 4) is 0 Å². The Morgan fingerprint density at radius 2 is 1.89 bits per heavy atom. The van der Waals surface area contributed by atoms with Crippen molar-refractivity contribution in [1.82, 2.24) is 0 Å². The molecular weight excluding hydrogens is 534 g/mol. The molecule has 9 nitrogen and oxygen atoms in total. The van der Waals surface area contributed by atoms with Crippen molar-refractivity contribution >= 4 is 51.2 Å². The fourth-order valence-corrected chi connectivity index (χ4v) is 7.15. The molecule has 7 atom stereocenters. The van der Waals surface area contributed by atoms with Gasteiger partial charge in [-0.2, -0.15) is 0 Å². The minimum Gasteiger partial charge on any atom is -0.469 e. The molecule has 0 unspecified atom stereocenters. The molecule has 1 aliphatic heterocycles. The number of rotatable bonds is 4. The third kappa shape index (κ3) is 4.44. The smallest absolute Gasteiger partial charge is 0.310 e. The zero-order chi connectivity index (χ0) is 26.4. The normalized spacial score (nSPS) is 35.5. The number of anilines is 1. The van der Waals surface area contributed by atoms with Crippen LogP contribution in [0.2, 0.25) is 0 Å². The molecule has 1 saturated heterocycles. The van der Waals surface area contributed by atoms with Gasteiger partial charge in [0.15, 0.2) is 18.0 Å². The highest BCUT2D eigenvalue weighted by Crippen LogP contribution is 2.64. The predicted molar refractivity (Wildman–Crippen MR) is 130 cm³/mol. The van der Waals surface area contributed by atoms with Gasteiger partial charge in [-0.25, -0.2) is 0 Å². The van der Waals surface area contributed by atoms with Gasteiger partial charge < -0.3 is 19.5 Å². The van der Waals surface area contributed by atoms with E-state index in [1.54, 1.807) is 18.2 Å². The first-order valence-electron chi connectivity index (χ1n) is 12.0. The average Bonchev–Trinajstić information content (AvgIpc) is 2.79. The van der Waals surface area contributed by atoms with Crippen LogP contribution in [0.15, 0.2) is 28.7 Å². The van der Waals surface area contributed by atoms with Gasteiger partial charge in [0.05, 0.1) is 18.9 Å². The van der Waals surface area contributed by atoms with E-state index < -0.39 is 64.6 Å². The molecule has 2 aliphatic carbocycles. The van der Waals surface area contributed by atoms with Crippen molar-refractivity contribution < 1.29 is 38.2 Å². The predicted octanol–water partition coefficient (Wildman–Crippen LogP) is 3.44. The number of esters is 3. The second kappa shape index (κ2) is 9.61. The summed E-state index contributed by atoms with van der Waals surface area (Å²) in [4.78, 5) is 64.8. The number of halogens is 1. The van der Waals surface area contributed by atoms with Gasteiger partial charge in [0.1, 0.15) is 0 Å². The van der Waals surface area contributed by atoms with Crippen LogP contribution in [-0.4, -0.2) is 48.9 Å². The summed E-state index contributed by atoms with van der Waals surface area (Å²) in [5.41, 5.74) is -1.31. The van der Waals surface area contributed by atoms with Crippen LogP contribution >= 0.6 is 15.9 Å². The number of amides is 1. The fourth-order valence-electron chi connectivity index (χ4n) is 6.75. The van der Waals surface area contributed by atoms with Crippen LogP contribution in [0, 0.1) is 28.6 Å². The van der Waals surface area contributed by atoms with Crippen LogP contribution in [0.1, 0.15) is 46.5 Å². The highest BCUT2D eigenvalue weighted by atomic mass is 79.9. The quantitative estimate of drug-likeness (QED) is 0.436. The van der Waals surface area contributed by atoms with Crippen LogP contribution in [-0.2, 0) is 38.2 Å². The Bertz CT molecular complexity index is 1120.